The Labute approximate surface area is 65.1 Å². The van der Waals surface area contributed by atoms with E-state index in [2.05, 4.69) is 10.3 Å². The molecule has 0 saturated heterocycles. The highest BCUT2D eigenvalue weighted by molar-refractivity contribution is 7.80. The third-order valence-electron chi connectivity index (χ3n) is 1.11. The standard InChI is InChI=1S/C6H9N3S/c1-5(10)8-6-7-3-4-9(6)2/h3-4H,1-2H3,(H,7,8,10). The fraction of sp³-hybridized carbons (Fsp3) is 0.333. The Morgan fingerprint density at radius 3 is 2.90 bits per heavy atom. The highest BCUT2D eigenvalue weighted by Gasteiger charge is 1.95. The molecule has 1 aromatic rings. The van der Waals surface area contributed by atoms with Crippen molar-refractivity contribution in [2.75, 3.05) is 5.32 Å². The molecular weight excluding hydrogens is 146 g/mol. The van der Waals surface area contributed by atoms with Crippen LogP contribution in [0.5, 0.6) is 0 Å². The molecule has 0 atom stereocenters. The van der Waals surface area contributed by atoms with Crippen LogP contribution in [-0.2, 0) is 7.05 Å². The summed E-state index contributed by atoms with van der Waals surface area (Å²) in [6.07, 6.45) is 3.58. The van der Waals surface area contributed by atoms with Crippen LogP contribution in [0, 0.1) is 0 Å². The number of imidazole rings is 1. The Bertz CT molecular complexity index is 241. The number of hydrogen-bond donors (Lipinski definition) is 1. The van der Waals surface area contributed by atoms with E-state index in [0.29, 0.717) is 0 Å². The molecule has 1 rings (SSSR count). The van der Waals surface area contributed by atoms with Crippen LogP contribution in [0.4, 0.5) is 5.95 Å². The molecule has 0 fully saturated rings. The van der Waals surface area contributed by atoms with Crippen molar-refractivity contribution < 1.29 is 0 Å². The van der Waals surface area contributed by atoms with Crippen molar-refractivity contribution in [1.29, 1.82) is 0 Å². The van der Waals surface area contributed by atoms with Gasteiger partial charge in [0.05, 0.1) is 4.99 Å². The molecule has 54 valence electrons. The molecule has 0 unspecified atom stereocenters. The van der Waals surface area contributed by atoms with Gasteiger partial charge in [0.25, 0.3) is 0 Å². The summed E-state index contributed by atoms with van der Waals surface area (Å²) in [7, 11) is 1.91. The number of nitrogens with zero attached hydrogens (tertiary/aromatic N) is 2. The highest BCUT2D eigenvalue weighted by atomic mass is 32.1. The number of hydrogen-bond acceptors (Lipinski definition) is 2. The first-order valence-corrected chi connectivity index (χ1v) is 3.36. The van der Waals surface area contributed by atoms with Crippen molar-refractivity contribution in [2.45, 2.75) is 6.92 Å². The summed E-state index contributed by atoms with van der Waals surface area (Å²) in [6.45, 7) is 1.82. The molecule has 1 N–H and O–H groups in total. The van der Waals surface area contributed by atoms with Crippen LogP contribution in [0.25, 0.3) is 0 Å². The summed E-state index contributed by atoms with van der Waals surface area (Å²) in [6, 6.07) is 0. The lowest BCUT2D eigenvalue weighted by molar-refractivity contribution is 0.927. The Kier molecular flexibility index (Phi) is 2.01. The normalized spacial score (nSPS) is 9.40. The van der Waals surface area contributed by atoms with Crippen molar-refractivity contribution in [3.8, 4) is 0 Å². The Morgan fingerprint density at radius 1 is 1.80 bits per heavy atom. The average Bonchev–Trinajstić information content (AvgIpc) is 2.15. The van der Waals surface area contributed by atoms with Crippen LogP contribution < -0.4 is 5.32 Å². The van der Waals surface area contributed by atoms with Gasteiger partial charge in [0.1, 0.15) is 0 Å². The van der Waals surface area contributed by atoms with E-state index >= 15 is 0 Å². The molecule has 0 amide bonds. The minimum atomic E-state index is 0.731. The first-order chi connectivity index (χ1) is 4.70. The predicted octanol–water partition coefficient (Wildman–Crippen LogP) is 1.18. The van der Waals surface area contributed by atoms with E-state index in [9.17, 15) is 0 Å². The second-order valence-electron chi connectivity index (χ2n) is 2.04. The number of aromatic nitrogens is 2. The molecule has 0 aliphatic carbocycles. The van der Waals surface area contributed by atoms with E-state index in [-0.39, 0.29) is 0 Å². The van der Waals surface area contributed by atoms with Gasteiger partial charge in [-0.25, -0.2) is 4.98 Å². The van der Waals surface area contributed by atoms with E-state index in [1.54, 1.807) is 6.20 Å². The minimum absolute atomic E-state index is 0.731. The SMILES string of the molecule is CC(=S)Nc1nccn1C. The zero-order valence-corrected chi connectivity index (χ0v) is 6.77. The smallest absolute Gasteiger partial charge is 0.207 e. The third kappa shape index (κ3) is 1.54. The fourth-order valence-electron chi connectivity index (χ4n) is 0.644. The third-order valence-corrected chi connectivity index (χ3v) is 1.21. The fourth-order valence-corrected chi connectivity index (χ4v) is 0.735. The van der Waals surface area contributed by atoms with Gasteiger partial charge in [-0.2, -0.15) is 0 Å². The predicted molar refractivity (Wildman–Crippen MR) is 45.1 cm³/mol. The molecule has 1 heterocycles. The largest absolute Gasteiger partial charge is 0.320 e. The maximum Gasteiger partial charge on any atom is 0.207 e. The first-order valence-electron chi connectivity index (χ1n) is 2.95. The Balaban J connectivity index is 2.74. The summed E-state index contributed by atoms with van der Waals surface area (Å²) in [5, 5.41) is 2.94. The van der Waals surface area contributed by atoms with Gasteiger partial charge >= 0.3 is 0 Å². The summed E-state index contributed by atoms with van der Waals surface area (Å²) in [5.74, 6) is 0.785. The average molecular weight is 155 g/mol. The highest BCUT2D eigenvalue weighted by Crippen LogP contribution is 1.99. The van der Waals surface area contributed by atoms with Crippen LogP contribution in [0.2, 0.25) is 0 Å². The molecule has 0 spiro atoms. The van der Waals surface area contributed by atoms with Gasteiger partial charge in [0.2, 0.25) is 5.95 Å². The second kappa shape index (κ2) is 2.79. The van der Waals surface area contributed by atoms with Crippen molar-refractivity contribution in [3.05, 3.63) is 12.4 Å². The quantitative estimate of drug-likeness (QED) is 0.618. The van der Waals surface area contributed by atoms with Gasteiger partial charge in [0, 0.05) is 19.4 Å². The van der Waals surface area contributed by atoms with Gasteiger partial charge in [-0.05, 0) is 6.92 Å². The van der Waals surface area contributed by atoms with Crippen LogP contribution in [-0.4, -0.2) is 14.5 Å². The van der Waals surface area contributed by atoms with Gasteiger partial charge in [-0.3, -0.25) is 0 Å². The topological polar surface area (TPSA) is 29.9 Å². The Morgan fingerprint density at radius 2 is 2.50 bits per heavy atom. The zero-order valence-electron chi connectivity index (χ0n) is 5.96. The van der Waals surface area contributed by atoms with E-state index in [4.69, 9.17) is 12.2 Å². The van der Waals surface area contributed by atoms with E-state index in [1.165, 1.54) is 0 Å². The van der Waals surface area contributed by atoms with E-state index < -0.39 is 0 Å². The molecule has 0 aliphatic rings. The van der Waals surface area contributed by atoms with Gasteiger partial charge in [-0.1, -0.05) is 12.2 Å². The molecule has 0 aromatic carbocycles. The number of rotatable bonds is 1. The lowest BCUT2D eigenvalue weighted by Crippen LogP contribution is -2.07. The molecule has 1 aromatic heterocycles. The molecule has 0 bridgehead atoms. The second-order valence-corrected chi connectivity index (χ2v) is 2.66. The van der Waals surface area contributed by atoms with Crippen LogP contribution in [0.15, 0.2) is 12.4 Å². The molecule has 0 radical (unpaired) electrons. The number of thiocarbonyl (C=S) groups is 1. The molecule has 3 nitrogen and oxygen atoms in total. The van der Waals surface area contributed by atoms with E-state index in [1.807, 2.05) is 24.7 Å². The molecule has 10 heavy (non-hydrogen) atoms. The number of nitrogens with one attached hydrogen (secondary N) is 1. The summed E-state index contributed by atoms with van der Waals surface area (Å²) >= 11 is 4.84. The molecule has 0 aliphatic heterocycles. The molecule has 0 saturated carbocycles. The summed E-state index contributed by atoms with van der Waals surface area (Å²) < 4.78 is 1.87. The molecule has 4 heteroatoms. The monoisotopic (exact) mass is 155 g/mol. The van der Waals surface area contributed by atoms with Crippen molar-refractivity contribution in [3.63, 3.8) is 0 Å². The Hall–Kier alpha value is -0.900. The van der Waals surface area contributed by atoms with Crippen molar-refractivity contribution in [2.24, 2.45) is 7.05 Å². The van der Waals surface area contributed by atoms with Crippen molar-refractivity contribution in [1.82, 2.24) is 9.55 Å². The van der Waals surface area contributed by atoms with Gasteiger partial charge in [-0.15, -0.1) is 0 Å². The maximum atomic E-state index is 4.84. The summed E-state index contributed by atoms with van der Waals surface area (Å²) in [5.41, 5.74) is 0. The first kappa shape index (κ1) is 7.21. The van der Waals surface area contributed by atoms with Crippen LogP contribution >= 0.6 is 12.2 Å². The maximum absolute atomic E-state index is 4.84. The number of anilines is 1. The number of aryl methyl sites for hydroxylation is 1. The van der Waals surface area contributed by atoms with Crippen LogP contribution in [0.1, 0.15) is 6.92 Å². The minimum Gasteiger partial charge on any atom is -0.320 e. The van der Waals surface area contributed by atoms with E-state index in [0.717, 1.165) is 10.9 Å². The van der Waals surface area contributed by atoms with Crippen LogP contribution in [0.3, 0.4) is 0 Å². The van der Waals surface area contributed by atoms with Crippen molar-refractivity contribution >= 4 is 23.2 Å². The lowest BCUT2D eigenvalue weighted by Gasteiger charge is -2.01. The zero-order chi connectivity index (χ0) is 7.56. The van der Waals surface area contributed by atoms with Gasteiger partial charge < -0.3 is 9.88 Å². The van der Waals surface area contributed by atoms with Gasteiger partial charge in [0.15, 0.2) is 0 Å². The summed E-state index contributed by atoms with van der Waals surface area (Å²) in [4.78, 5) is 4.75. The lowest BCUT2D eigenvalue weighted by atomic mass is 10.7. The molecular formula is C6H9N3S.